The van der Waals surface area contributed by atoms with Crippen molar-refractivity contribution in [2.24, 2.45) is 11.8 Å². The van der Waals surface area contributed by atoms with Crippen molar-refractivity contribution in [2.75, 3.05) is 0 Å². The quantitative estimate of drug-likeness (QED) is 0.436. The summed E-state index contributed by atoms with van der Waals surface area (Å²) in [5, 5.41) is 0. The topological polar surface area (TPSA) is 0 Å². The molecule has 0 saturated heterocycles. The van der Waals surface area contributed by atoms with Gasteiger partial charge in [0.2, 0.25) is 0 Å². The first kappa shape index (κ1) is 15.5. The van der Waals surface area contributed by atoms with Crippen molar-refractivity contribution in [3.05, 3.63) is 24.3 Å². The number of rotatable bonds is 9. The van der Waals surface area contributed by atoms with Gasteiger partial charge in [-0.1, -0.05) is 57.9 Å². The predicted molar refractivity (Wildman–Crippen MR) is 75.7 cm³/mol. The molecule has 0 aromatic heterocycles. The van der Waals surface area contributed by atoms with Crippen molar-refractivity contribution < 1.29 is 0 Å². The van der Waals surface area contributed by atoms with Gasteiger partial charge in [-0.15, -0.1) is 0 Å². The fourth-order valence-corrected chi connectivity index (χ4v) is 2.04. The number of hydrogen-bond donors (Lipinski definition) is 0. The Morgan fingerprint density at radius 2 is 1.56 bits per heavy atom. The molecule has 0 radical (unpaired) electrons. The smallest absolute Gasteiger partial charge is 0.0259 e. The van der Waals surface area contributed by atoms with E-state index in [1.54, 1.807) is 0 Å². The van der Waals surface area contributed by atoms with Crippen molar-refractivity contribution in [2.45, 2.75) is 66.2 Å². The summed E-state index contributed by atoms with van der Waals surface area (Å²) in [5.41, 5.74) is 0. The lowest BCUT2D eigenvalue weighted by Crippen LogP contribution is -1.92. The van der Waals surface area contributed by atoms with Gasteiger partial charge in [-0.2, -0.15) is 0 Å². The molecule has 2 atom stereocenters. The summed E-state index contributed by atoms with van der Waals surface area (Å²) < 4.78 is 0. The van der Waals surface area contributed by atoms with Gasteiger partial charge in [0.15, 0.2) is 0 Å². The van der Waals surface area contributed by atoms with E-state index in [4.69, 9.17) is 0 Å². The van der Waals surface area contributed by atoms with Gasteiger partial charge < -0.3 is 0 Å². The minimum absolute atomic E-state index is 0.730. The highest BCUT2D eigenvalue weighted by Gasteiger charge is 1.98. The lowest BCUT2D eigenvalue weighted by Gasteiger charge is -2.07. The van der Waals surface area contributed by atoms with Crippen LogP contribution in [-0.4, -0.2) is 0 Å². The van der Waals surface area contributed by atoms with Crippen molar-refractivity contribution in [1.82, 2.24) is 0 Å². The van der Waals surface area contributed by atoms with E-state index in [-0.39, 0.29) is 0 Å². The van der Waals surface area contributed by atoms with Crippen LogP contribution < -0.4 is 0 Å². The van der Waals surface area contributed by atoms with E-state index in [9.17, 15) is 0 Å². The van der Waals surface area contributed by atoms with Gasteiger partial charge >= 0.3 is 0 Å². The van der Waals surface area contributed by atoms with Crippen LogP contribution in [-0.2, 0) is 0 Å². The predicted octanol–water partition coefficient (Wildman–Crippen LogP) is 5.75. The molecule has 0 spiro atoms. The maximum absolute atomic E-state index is 2.37. The van der Waals surface area contributed by atoms with Gasteiger partial charge in [-0.3, -0.25) is 0 Å². The molecule has 0 nitrogen and oxygen atoms in total. The average molecular weight is 222 g/mol. The molecular formula is C16H30. The van der Waals surface area contributed by atoms with Crippen LogP contribution in [0.5, 0.6) is 0 Å². The van der Waals surface area contributed by atoms with Gasteiger partial charge in [-0.25, -0.2) is 0 Å². The van der Waals surface area contributed by atoms with Crippen LogP contribution in [0.25, 0.3) is 0 Å². The van der Waals surface area contributed by atoms with Crippen LogP contribution in [0.2, 0.25) is 0 Å². The summed E-state index contributed by atoms with van der Waals surface area (Å²) in [6, 6.07) is 0. The van der Waals surface area contributed by atoms with Crippen LogP contribution in [0, 0.1) is 11.8 Å². The molecule has 0 aliphatic heterocycles. The van der Waals surface area contributed by atoms with E-state index in [1.165, 1.54) is 38.5 Å². The van der Waals surface area contributed by atoms with Crippen LogP contribution in [0.15, 0.2) is 24.3 Å². The van der Waals surface area contributed by atoms with Crippen LogP contribution in [0.1, 0.15) is 66.2 Å². The van der Waals surface area contributed by atoms with Gasteiger partial charge in [0.25, 0.3) is 0 Å². The second-order valence-corrected chi connectivity index (χ2v) is 5.02. The lowest BCUT2D eigenvalue weighted by atomic mass is 10.00. The first-order valence-electron chi connectivity index (χ1n) is 6.98. The fraction of sp³-hybridized carbons (Fsp3) is 0.750. The molecule has 0 bridgehead atoms. The normalized spacial score (nSPS) is 16.0. The second-order valence-electron chi connectivity index (χ2n) is 5.02. The highest BCUT2D eigenvalue weighted by molar-refractivity contribution is 4.87. The van der Waals surface area contributed by atoms with Gasteiger partial charge in [-0.05, 0) is 44.4 Å². The second kappa shape index (κ2) is 11.0. The first-order valence-corrected chi connectivity index (χ1v) is 6.98. The molecule has 0 heterocycles. The molecule has 0 aromatic rings. The van der Waals surface area contributed by atoms with Crippen LogP contribution >= 0.6 is 0 Å². The van der Waals surface area contributed by atoms with Crippen molar-refractivity contribution in [1.29, 1.82) is 0 Å². The minimum Gasteiger partial charge on any atom is -0.0914 e. The van der Waals surface area contributed by atoms with E-state index in [0.717, 1.165) is 11.8 Å². The maximum Gasteiger partial charge on any atom is -0.0259 e. The third-order valence-electron chi connectivity index (χ3n) is 3.08. The zero-order valence-electron chi connectivity index (χ0n) is 11.7. The summed E-state index contributed by atoms with van der Waals surface area (Å²) in [4.78, 5) is 0. The summed E-state index contributed by atoms with van der Waals surface area (Å²) in [7, 11) is 0. The molecule has 0 aliphatic carbocycles. The highest BCUT2D eigenvalue weighted by Crippen LogP contribution is 2.13. The Morgan fingerprint density at radius 1 is 0.938 bits per heavy atom. The van der Waals surface area contributed by atoms with Gasteiger partial charge in [0.1, 0.15) is 0 Å². The van der Waals surface area contributed by atoms with Crippen molar-refractivity contribution in [3.8, 4) is 0 Å². The Balaban J connectivity index is 3.41. The summed E-state index contributed by atoms with van der Waals surface area (Å²) in [6.45, 7) is 9.03. The zero-order chi connectivity index (χ0) is 12.2. The summed E-state index contributed by atoms with van der Waals surface area (Å²) in [6.07, 6.45) is 17.0. The molecule has 0 aromatic carbocycles. The number of hydrogen-bond acceptors (Lipinski definition) is 0. The Labute approximate surface area is 103 Å². The molecule has 0 rings (SSSR count). The van der Waals surface area contributed by atoms with E-state index >= 15 is 0 Å². The van der Waals surface area contributed by atoms with Crippen LogP contribution in [0.3, 0.4) is 0 Å². The molecule has 0 aliphatic rings. The monoisotopic (exact) mass is 222 g/mol. The average Bonchev–Trinajstić information content (AvgIpc) is 2.24. The Bertz CT molecular complexity index is 188. The minimum atomic E-state index is 0.730. The number of allylic oxidation sites excluding steroid dienone is 4. The standard InChI is InChI=1S/C16H30/c1-5-11-15(3)13-9-7-8-10-14-16(4)12-6-2/h5,7-8,11,15-16H,6,9-10,12-14H2,1-4H3. The third kappa shape index (κ3) is 10.0. The van der Waals surface area contributed by atoms with Crippen molar-refractivity contribution >= 4 is 0 Å². The zero-order valence-corrected chi connectivity index (χ0v) is 11.7. The largest absolute Gasteiger partial charge is 0.0914 e. The van der Waals surface area contributed by atoms with E-state index < -0.39 is 0 Å². The molecule has 0 amide bonds. The molecule has 0 fully saturated rings. The molecule has 0 heteroatoms. The fourth-order valence-electron chi connectivity index (χ4n) is 2.04. The molecular weight excluding hydrogens is 192 g/mol. The maximum atomic E-state index is 2.37. The van der Waals surface area contributed by atoms with E-state index in [1.807, 2.05) is 0 Å². The summed E-state index contributed by atoms with van der Waals surface area (Å²) >= 11 is 0. The summed E-state index contributed by atoms with van der Waals surface area (Å²) in [5.74, 6) is 1.63. The van der Waals surface area contributed by atoms with E-state index in [2.05, 4.69) is 52.0 Å². The Hall–Kier alpha value is -0.520. The third-order valence-corrected chi connectivity index (χ3v) is 3.08. The van der Waals surface area contributed by atoms with Gasteiger partial charge in [0.05, 0.1) is 0 Å². The van der Waals surface area contributed by atoms with Crippen LogP contribution in [0.4, 0.5) is 0 Å². The Kier molecular flexibility index (Phi) is 10.6. The van der Waals surface area contributed by atoms with E-state index in [0.29, 0.717) is 0 Å². The van der Waals surface area contributed by atoms with Crippen molar-refractivity contribution in [3.63, 3.8) is 0 Å². The first-order chi connectivity index (χ1) is 7.70. The SMILES string of the molecule is CC=CC(C)CCC=CCCC(C)CCC. The molecule has 0 N–H and O–H groups in total. The lowest BCUT2D eigenvalue weighted by molar-refractivity contribution is 0.490. The molecule has 2 unspecified atom stereocenters. The Morgan fingerprint density at radius 3 is 2.12 bits per heavy atom. The highest BCUT2D eigenvalue weighted by atomic mass is 14.0. The molecule has 16 heavy (non-hydrogen) atoms. The molecule has 0 saturated carbocycles. The van der Waals surface area contributed by atoms with Gasteiger partial charge in [0, 0.05) is 0 Å². The molecule has 94 valence electrons.